The fourth-order valence-corrected chi connectivity index (χ4v) is 3.64. The third-order valence-electron chi connectivity index (χ3n) is 4.80. The molecule has 4 heteroatoms. The lowest BCUT2D eigenvalue weighted by molar-refractivity contribution is 0.651. The maximum atomic E-state index is 9.06. The number of nitrogens with zero attached hydrogens (tertiary/aromatic N) is 2. The van der Waals surface area contributed by atoms with Crippen LogP contribution in [0.5, 0.6) is 0 Å². The summed E-state index contributed by atoms with van der Waals surface area (Å²) in [6.07, 6.45) is 7.36. The highest BCUT2D eigenvalue weighted by Crippen LogP contribution is 2.40. The summed E-state index contributed by atoms with van der Waals surface area (Å²) in [5.74, 6) is 0.515. The van der Waals surface area contributed by atoms with Gasteiger partial charge in [-0.25, -0.2) is 4.99 Å². The number of benzene rings is 2. The highest BCUT2D eigenvalue weighted by atomic mass is 15.2. The zero-order valence-electron chi connectivity index (χ0n) is 14.4. The zero-order chi connectivity index (χ0) is 17.8. The second kappa shape index (κ2) is 7.28. The van der Waals surface area contributed by atoms with E-state index >= 15 is 0 Å². The number of hydrogen-bond donors (Lipinski definition) is 2. The fraction of sp³-hybridized carbons (Fsp3) is 0.182. The molecule has 4 nitrogen and oxygen atoms in total. The minimum atomic E-state index is -0.0530. The molecule has 1 atom stereocenters. The Morgan fingerprint density at radius 3 is 2.50 bits per heavy atom. The standard InChI is InChI=1S/C22H20N4/c23-15-24-22-25-20(17-10-5-2-6-11-17)19-13-7-12-18(21(19)26-22)14-16-8-3-1-4-9-16/h1-6,8-11,14,20H,7,12-13H2,(H2,24,25,26)/b18-14-/t20-/m0/s1. The Labute approximate surface area is 153 Å². The Kier molecular flexibility index (Phi) is 4.53. The van der Waals surface area contributed by atoms with Crippen LogP contribution >= 0.6 is 0 Å². The summed E-state index contributed by atoms with van der Waals surface area (Å²) in [6.45, 7) is 0. The molecule has 0 fully saturated rings. The molecule has 4 rings (SSSR count). The van der Waals surface area contributed by atoms with E-state index in [1.54, 1.807) is 0 Å². The lowest BCUT2D eigenvalue weighted by Gasteiger charge is -2.32. The minimum absolute atomic E-state index is 0.0530. The molecule has 0 bridgehead atoms. The molecule has 2 aromatic rings. The molecule has 0 saturated carbocycles. The molecule has 0 aromatic heterocycles. The Morgan fingerprint density at radius 2 is 1.77 bits per heavy atom. The second-order valence-electron chi connectivity index (χ2n) is 6.49. The summed E-state index contributed by atoms with van der Waals surface area (Å²) in [5.41, 5.74) is 6.02. The van der Waals surface area contributed by atoms with Crippen molar-refractivity contribution in [3.63, 3.8) is 0 Å². The van der Waals surface area contributed by atoms with E-state index in [1.807, 2.05) is 30.5 Å². The lowest BCUT2D eigenvalue weighted by Crippen LogP contribution is -2.39. The van der Waals surface area contributed by atoms with Gasteiger partial charge in [0, 0.05) is 5.70 Å². The van der Waals surface area contributed by atoms with E-state index < -0.39 is 0 Å². The van der Waals surface area contributed by atoms with Crippen LogP contribution in [0.1, 0.15) is 36.4 Å². The maximum Gasteiger partial charge on any atom is 0.210 e. The first-order chi connectivity index (χ1) is 12.8. The minimum Gasteiger partial charge on any atom is -0.325 e. The van der Waals surface area contributed by atoms with Crippen LogP contribution in [0, 0.1) is 11.5 Å². The zero-order valence-corrected chi connectivity index (χ0v) is 14.4. The molecule has 26 heavy (non-hydrogen) atoms. The van der Waals surface area contributed by atoms with E-state index in [9.17, 15) is 0 Å². The molecule has 2 aromatic carbocycles. The summed E-state index contributed by atoms with van der Waals surface area (Å²) in [6, 6.07) is 20.6. The highest BCUT2D eigenvalue weighted by Gasteiger charge is 2.29. The molecule has 128 valence electrons. The quantitative estimate of drug-likeness (QED) is 0.634. The number of nitriles is 1. The first kappa shape index (κ1) is 16.2. The molecule has 0 saturated heterocycles. The Bertz CT molecular complexity index is 918. The van der Waals surface area contributed by atoms with Crippen molar-refractivity contribution < 1.29 is 0 Å². The molecular formula is C22H20N4. The van der Waals surface area contributed by atoms with Gasteiger partial charge in [0.2, 0.25) is 5.96 Å². The van der Waals surface area contributed by atoms with Crippen molar-refractivity contribution in [2.45, 2.75) is 25.3 Å². The van der Waals surface area contributed by atoms with E-state index in [0.717, 1.165) is 30.5 Å². The third kappa shape index (κ3) is 3.25. The predicted molar refractivity (Wildman–Crippen MR) is 104 cm³/mol. The van der Waals surface area contributed by atoms with Gasteiger partial charge in [-0.1, -0.05) is 60.7 Å². The molecule has 2 aliphatic rings. The van der Waals surface area contributed by atoms with Crippen molar-refractivity contribution in [2.75, 3.05) is 0 Å². The normalized spacial score (nSPS) is 20.7. The van der Waals surface area contributed by atoms with Crippen molar-refractivity contribution in [1.29, 1.82) is 5.26 Å². The third-order valence-corrected chi connectivity index (χ3v) is 4.80. The van der Waals surface area contributed by atoms with Crippen molar-refractivity contribution in [3.8, 4) is 6.19 Å². The molecule has 2 N–H and O–H groups in total. The van der Waals surface area contributed by atoms with Gasteiger partial charge in [0.05, 0.1) is 0 Å². The van der Waals surface area contributed by atoms with Gasteiger partial charge in [-0.2, -0.15) is 5.26 Å². The number of nitrogens with one attached hydrogen (secondary N) is 2. The summed E-state index contributed by atoms with van der Waals surface area (Å²) < 4.78 is 0. The van der Waals surface area contributed by atoms with Crippen LogP contribution in [0.25, 0.3) is 6.08 Å². The summed E-state index contributed by atoms with van der Waals surface area (Å²) in [4.78, 5) is 4.75. The number of aliphatic imine (C=N–C) groups is 1. The number of guanidine groups is 1. The van der Waals surface area contributed by atoms with Crippen LogP contribution in [0.4, 0.5) is 0 Å². The molecule has 0 radical (unpaired) electrons. The van der Waals surface area contributed by atoms with Crippen LogP contribution in [-0.2, 0) is 0 Å². The Hall–Kier alpha value is -3.32. The average Bonchev–Trinajstić information content (AvgIpc) is 2.70. The first-order valence-corrected chi connectivity index (χ1v) is 8.89. The van der Waals surface area contributed by atoms with Crippen LogP contribution in [0.3, 0.4) is 0 Å². The van der Waals surface area contributed by atoms with E-state index in [1.165, 1.54) is 16.7 Å². The highest BCUT2D eigenvalue weighted by molar-refractivity contribution is 5.86. The molecule has 0 amide bonds. The second-order valence-corrected chi connectivity index (χ2v) is 6.49. The smallest absolute Gasteiger partial charge is 0.210 e. The van der Waals surface area contributed by atoms with Gasteiger partial charge in [0.1, 0.15) is 6.04 Å². The van der Waals surface area contributed by atoms with Crippen molar-refractivity contribution in [2.24, 2.45) is 4.99 Å². The Balaban J connectivity index is 1.78. The van der Waals surface area contributed by atoms with Gasteiger partial charge in [-0.05, 0) is 47.6 Å². The molecule has 1 aliphatic carbocycles. The lowest BCUT2D eigenvalue weighted by atomic mass is 9.84. The fourth-order valence-electron chi connectivity index (χ4n) is 3.64. The topological polar surface area (TPSA) is 60.2 Å². The van der Waals surface area contributed by atoms with Crippen LogP contribution in [0.15, 0.2) is 82.5 Å². The van der Waals surface area contributed by atoms with E-state index in [-0.39, 0.29) is 6.04 Å². The molecule has 1 aliphatic heterocycles. The number of hydrogen-bond acceptors (Lipinski definition) is 4. The number of rotatable bonds is 2. The van der Waals surface area contributed by atoms with Gasteiger partial charge >= 0.3 is 0 Å². The first-order valence-electron chi connectivity index (χ1n) is 8.89. The Morgan fingerprint density at radius 1 is 1.04 bits per heavy atom. The van der Waals surface area contributed by atoms with E-state index in [0.29, 0.717) is 5.96 Å². The van der Waals surface area contributed by atoms with Gasteiger partial charge in [-0.15, -0.1) is 0 Å². The van der Waals surface area contributed by atoms with Gasteiger partial charge < -0.3 is 5.32 Å². The largest absolute Gasteiger partial charge is 0.325 e. The molecule has 0 spiro atoms. The summed E-state index contributed by atoms with van der Waals surface area (Å²) >= 11 is 0. The van der Waals surface area contributed by atoms with Crippen LogP contribution in [-0.4, -0.2) is 5.96 Å². The molecule has 1 heterocycles. The molecule has 0 unspecified atom stereocenters. The predicted octanol–water partition coefficient (Wildman–Crippen LogP) is 4.28. The SMILES string of the molecule is N#CNC1=N[C@@H](c2ccccc2)C2=C(N1)/C(=C\c1ccccc1)CCC2. The van der Waals surface area contributed by atoms with Gasteiger partial charge in [-0.3, -0.25) is 5.32 Å². The van der Waals surface area contributed by atoms with Crippen LogP contribution < -0.4 is 10.6 Å². The monoisotopic (exact) mass is 340 g/mol. The van der Waals surface area contributed by atoms with Crippen molar-refractivity contribution in [1.82, 2.24) is 10.6 Å². The summed E-state index contributed by atoms with van der Waals surface area (Å²) in [5, 5.41) is 15.1. The number of allylic oxidation sites excluding steroid dienone is 1. The average molecular weight is 340 g/mol. The van der Waals surface area contributed by atoms with Gasteiger partial charge in [0.15, 0.2) is 6.19 Å². The van der Waals surface area contributed by atoms with Crippen LogP contribution in [0.2, 0.25) is 0 Å². The van der Waals surface area contributed by atoms with Gasteiger partial charge in [0.25, 0.3) is 0 Å². The van der Waals surface area contributed by atoms with E-state index in [2.05, 4.69) is 53.1 Å². The van der Waals surface area contributed by atoms with E-state index in [4.69, 9.17) is 10.3 Å². The van der Waals surface area contributed by atoms with Crippen molar-refractivity contribution >= 4 is 12.0 Å². The summed E-state index contributed by atoms with van der Waals surface area (Å²) in [7, 11) is 0. The molecular weight excluding hydrogens is 320 g/mol. The van der Waals surface area contributed by atoms with Crippen molar-refractivity contribution in [3.05, 3.63) is 88.6 Å². The maximum absolute atomic E-state index is 9.06.